The van der Waals surface area contributed by atoms with E-state index in [9.17, 15) is 0 Å². The SMILES string of the molecule is N#Cc1ccc(CN2CCCCC2c2nc(-c3cccc(C#N)c3)no2)nc1. The maximum atomic E-state index is 9.08. The molecule has 1 atom stereocenters. The van der Waals surface area contributed by atoms with E-state index in [0.29, 0.717) is 29.4 Å². The number of benzene rings is 1. The molecular formula is C21H18N6O. The van der Waals surface area contributed by atoms with Gasteiger partial charge < -0.3 is 4.52 Å². The lowest BCUT2D eigenvalue weighted by Crippen LogP contribution is -2.33. The molecule has 0 aliphatic carbocycles. The predicted molar refractivity (Wildman–Crippen MR) is 100 cm³/mol. The number of aromatic nitrogens is 3. The number of pyridine rings is 1. The van der Waals surface area contributed by atoms with Gasteiger partial charge in [-0.15, -0.1) is 0 Å². The minimum Gasteiger partial charge on any atom is -0.337 e. The first-order valence-corrected chi connectivity index (χ1v) is 9.20. The summed E-state index contributed by atoms with van der Waals surface area (Å²) in [7, 11) is 0. The van der Waals surface area contributed by atoms with Crippen LogP contribution in [0.15, 0.2) is 47.1 Å². The van der Waals surface area contributed by atoms with Crippen LogP contribution in [-0.2, 0) is 6.54 Å². The average molecular weight is 370 g/mol. The molecular weight excluding hydrogens is 352 g/mol. The predicted octanol–water partition coefficient (Wildman–Crippen LogP) is 3.60. The molecule has 138 valence electrons. The molecule has 7 nitrogen and oxygen atoms in total. The Balaban J connectivity index is 1.55. The molecule has 1 saturated heterocycles. The molecule has 7 heteroatoms. The van der Waals surface area contributed by atoms with Crippen LogP contribution in [0, 0.1) is 22.7 Å². The van der Waals surface area contributed by atoms with Crippen molar-refractivity contribution < 1.29 is 4.52 Å². The number of piperidine rings is 1. The number of hydrogen-bond acceptors (Lipinski definition) is 7. The summed E-state index contributed by atoms with van der Waals surface area (Å²) in [4.78, 5) is 11.3. The monoisotopic (exact) mass is 370 g/mol. The molecule has 3 heterocycles. The topological polar surface area (TPSA) is 103 Å². The molecule has 1 aromatic carbocycles. The van der Waals surface area contributed by atoms with Gasteiger partial charge in [0.15, 0.2) is 0 Å². The summed E-state index contributed by atoms with van der Waals surface area (Å²) in [5.41, 5.74) is 2.80. The molecule has 4 rings (SSSR count). The maximum absolute atomic E-state index is 9.08. The highest BCUT2D eigenvalue weighted by atomic mass is 16.5. The second-order valence-corrected chi connectivity index (χ2v) is 6.78. The van der Waals surface area contributed by atoms with Crippen molar-refractivity contribution in [1.82, 2.24) is 20.0 Å². The molecule has 2 aromatic heterocycles. The van der Waals surface area contributed by atoms with E-state index in [-0.39, 0.29) is 6.04 Å². The number of rotatable bonds is 4. The smallest absolute Gasteiger partial charge is 0.244 e. The molecule has 0 bridgehead atoms. The molecule has 0 saturated carbocycles. The van der Waals surface area contributed by atoms with Crippen molar-refractivity contribution in [2.24, 2.45) is 0 Å². The van der Waals surface area contributed by atoms with E-state index in [1.165, 1.54) is 0 Å². The first kappa shape index (κ1) is 17.8. The Morgan fingerprint density at radius 3 is 2.79 bits per heavy atom. The van der Waals surface area contributed by atoms with Crippen molar-refractivity contribution in [3.63, 3.8) is 0 Å². The lowest BCUT2D eigenvalue weighted by molar-refractivity contribution is 0.110. The van der Waals surface area contributed by atoms with Gasteiger partial charge in [-0.1, -0.05) is 23.7 Å². The molecule has 0 amide bonds. The first-order valence-electron chi connectivity index (χ1n) is 9.20. The van der Waals surface area contributed by atoms with Crippen LogP contribution in [0.2, 0.25) is 0 Å². The Bertz CT molecular complexity index is 1040. The molecule has 1 aliphatic heterocycles. The van der Waals surface area contributed by atoms with Crippen LogP contribution in [0.25, 0.3) is 11.4 Å². The lowest BCUT2D eigenvalue weighted by atomic mass is 10.0. The number of nitriles is 2. The highest BCUT2D eigenvalue weighted by molar-refractivity contribution is 5.57. The van der Waals surface area contributed by atoms with Gasteiger partial charge in [-0.05, 0) is 43.7 Å². The van der Waals surface area contributed by atoms with Crippen molar-refractivity contribution in [2.75, 3.05) is 6.54 Å². The second kappa shape index (κ2) is 7.99. The molecule has 1 fully saturated rings. The lowest BCUT2D eigenvalue weighted by Gasteiger charge is -2.32. The van der Waals surface area contributed by atoms with Gasteiger partial charge in [0.2, 0.25) is 11.7 Å². The van der Waals surface area contributed by atoms with Crippen LogP contribution in [-0.4, -0.2) is 26.6 Å². The fourth-order valence-corrected chi connectivity index (χ4v) is 3.47. The minimum atomic E-state index is 0.0339. The Labute approximate surface area is 162 Å². The molecule has 0 N–H and O–H groups in total. The van der Waals surface area contributed by atoms with Crippen molar-refractivity contribution in [2.45, 2.75) is 31.8 Å². The number of hydrogen-bond donors (Lipinski definition) is 0. The third-order valence-corrected chi connectivity index (χ3v) is 4.91. The number of nitrogens with zero attached hydrogens (tertiary/aromatic N) is 6. The van der Waals surface area contributed by atoms with Gasteiger partial charge in [0.05, 0.1) is 28.9 Å². The van der Waals surface area contributed by atoms with Crippen LogP contribution >= 0.6 is 0 Å². The van der Waals surface area contributed by atoms with Gasteiger partial charge >= 0.3 is 0 Å². The largest absolute Gasteiger partial charge is 0.337 e. The summed E-state index contributed by atoms with van der Waals surface area (Å²) in [5, 5.41) is 22.1. The van der Waals surface area contributed by atoms with Gasteiger partial charge in [-0.2, -0.15) is 15.5 Å². The Hall–Kier alpha value is -3.55. The molecule has 1 unspecified atom stereocenters. The van der Waals surface area contributed by atoms with Crippen LogP contribution in [0.4, 0.5) is 0 Å². The van der Waals surface area contributed by atoms with E-state index in [1.54, 1.807) is 24.4 Å². The van der Waals surface area contributed by atoms with Crippen LogP contribution in [0.1, 0.15) is 48.0 Å². The quantitative estimate of drug-likeness (QED) is 0.691. The van der Waals surface area contributed by atoms with Gasteiger partial charge in [0.1, 0.15) is 6.07 Å². The number of likely N-dealkylation sites (tertiary alicyclic amines) is 1. The molecule has 28 heavy (non-hydrogen) atoms. The van der Waals surface area contributed by atoms with Crippen molar-refractivity contribution in [1.29, 1.82) is 10.5 Å². The summed E-state index contributed by atoms with van der Waals surface area (Å²) in [6.07, 6.45) is 4.75. The van der Waals surface area contributed by atoms with Crippen LogP contribution < -0.4 is 0 Å². The zero-order valence-corrected chi connectivity index (χ0v) is 15.2. The van der Waals surface area contributed by atoms with Gasteiger partial charge in [0, 0.05) is 18.3 Å². The third-order valence-electron chi connectivity index (χ3n) is 4.91. The minimum absolute atomic E-state index is 0.0339. The molecule has 0 radical (unpaired) electrons. The normalized spacial score (nSPS) is 17.0. The van der Waals surface area contributed by atoms with E-state index in [1.807, 2.05) is 18.2 Å². The van der Waals surface area contributed by atoms with E-state index >= 15 is 0 Å². The summed E-state index contributed by atoms with van der Waals surface area (Å²) in [6.45, 7) is 1.59. The van der Waals surface area contributed by atoms with E-state index < -0.39 is 0 Å². The Morgan fingerprint density at radius 2 is 2.00 bits per heavy atom. The summed E-state index contributed by atoms with van der Waals surface area (Å²) >= 11 is 0. The summed E-state index contributed by atoms with van der Waals surface area (Å²) in [6, 6.07) is 15.1. The molecule has 1 aliphatic rings. The van der Waals surface area contributed by atoms with E-state index in [0.717, 1.165) is 37.1 Å². The van der Waals surface area contributed by atoms with Crippen LogP contribution in [0.3, 0.4) is 0 Å². The van der Waals surface area contributed by atoms with Crippen molar-refractivity contribution in [3.8, 4) is 23.5 Å². The molecule has 0 spiro atoms. The maximum Gasteiger partial charge on any atom is 0.244 e. The van der Waals surface area contributed by atoms with Crippen molar-refractivity contribution in [3.05, 3.63) is 65.3 Å². The van der Waals surface area contributed by atoms with E-state index in [4.69, 9.17) is 15.0 Å². The Kier molecular flexibility index (Phi) is 5.09. The van der Waals surface area contributed by atoms with Crippen molar-refractivity contribution >= 4 is 0 Å². The second-order valence-electron chi connectivity index (χ2n) is 6.78. The summed E-state index contributed by atoms with van der Waals surface area (Å²) < 4.78 is 5.59. The average Bonchev–Trinajstić information content (AvgIpc) is 3.25. The fraction of sp³-hybridized carbons (Fsp3) is 0.286. The highest BCUT2D eigenvalue weighted by Crippen LogP contribution is 2.32. The van der Waals surface area contributed by atoms with Gasteiger partial charge in [-0.25, -0.2) is 0 Å². The zero-order chi connectivity index (χ0) is 19.3. The fourth-order valence-electron chi connectivity index (χ4n) is 3.47. The van der Waals surface area contributed by atoms with Crippen LogP contribution in [0.5, 0.6) is 0 Å². The van der Waals surface area contributed by atoms with E-state index in [2.05, 4.69) is 32.2 Å². The summed E-state index contributed by atoms with van der Waals surface area (Å²) in [5.74, 6) is 1.08. The van der Waals surface area contributed by atoms with Gasteiger partial charge in [-0.3, -0.25) is 9.88 Å². The Morgan fingerprint density at radius 1 is 1.11 bits per heavy atom. The third kappa shape index (κ3) is 3.75. The zero-order valence-electron chi connectivity index (χ0n) is 15.2. The highest BCUT2D eigenvalue weighted by Gasteiger charge is 2.29. The van der Waals surface area contributed by atoms with Gasteiger partial charge in [0.25, 0.3) is 0 Å². The first-order chi connectivity index (χ1) is 13.8. The standard InChI is InChI=1S/C21H18N6O/c22-11-15-4-3-5-17(10-15)20-25-21(28-26-20)19-6-1-2-9-27(19)14-18-8-7-16(12-23)13-24-18/h3-5,7-8,10,13,19H,1-2,6,9,14H2. The molecule has 3 aromatic rings.